The number of pyridine rings is 1. The van der Waals surface area contributed by atoms with Crippen molar-refractivity contribution in [2.24, 2.45) is 0 Å². The van der Waals surface area contributed by atoms with Gasteiger partial charge in [0.15, 0.2) is 0 Å². The van der Waals surface area contributed by atoms with Crippen LogP contribution in [-0.4, -0.2) is 16.5 Å². The van der Waals surface area contributed by atoms with Gasteiger partial charge in [0.05, 0.1) is 11.2 Å². The largest absolute Gasteiger partial charge is 0.311 e. The molecule has 0 aliphatic rings. The third kappa shape index (κ3) is 3.28. The molecular weight excluding hydrogens is 278 g/mol. The third-order valence-electron chi connectivity index (χ3n) is 3.36. The number of fused-ring (bicyclic) bond motifs is 1. The van der Waals surface area contributed by atoms with Crippen LogP contribution in [0.25, 0.3) is 21.5 Å². The van der Waals surface area contributed by atoms with Crippen LogP contribution in [0.15, 0.2) is 35.7 Å². The lowest BCUT2D eigenvalue weighted by atomic mass is 10.1. The van der Waals surface area contributed by atoms with E-state index in [9.17, 15) is 0 Å². The van der Waals surface area contributed by atoms with Crippen molar-refractivity contribution in [3.63, 3.8) is 0 Å². The molecule has 0 amide bonds. The average molecular weight is 297 g/mol. The Labute approximate surface area is 129 Å². The molecule has 4 heteroatoms. The van der Waals surface area contributed by atoms with Gasteiger partial charge in [-0.2, -0.15) is 0 Å². The van der Waals surface area contributed by atoms with E-state index in [1.54, 1.807) is 11.3 Å². The number of nitrogens with one attached hydrogen (secondary N) is 1. The number of benzene rings is 1. The maximum atomic E-state index is 4.71. The molecule has 0 spiro atoms. The Hall–Kier alpha value is -1.78. The highest BCUT2D eigenvalue weighted by Crippen LogP contribution is 2.26. The Morgan fingerprint density at radius 2 is 2.05 bits per heavy atom. The quantitative estimate of drug-likeness (QED) is 0.718. The molecule has 2 aromatic heterocycles. The summed E-state index contributed by atoms with van der Waals surface area (Å²) in [4.78, 5) is 9.25. The number of aromatic nitrogens is 2. The molecule has 2 heterocycles. The van der Waals surface area contributed by atoms with E-state index in [1.807, 2.05) is 13.0 Å². The number of hydrogen-bond donors (Lipinski definition) is 1. The first-order valence-electron chi connectivity index (χ1n) is 7.29. The van der Waals surface area contributed by atoms with Gasteiger partial charge < -0.3 is 5.32 Å². The summed E-state index contributed by atoms with van der Waals surface area (Å²) in [6.45, 7) is 6.07. The minimum Gasteiger partial charge on any atom is -0.311 e. The molecule has 0 fully saturated rings. The first-order chi connectivity index (χ1) is 10.3. The second kappa shape index (κ2) is 6.33. The minimum absolute atomic E-state index is 0.846. The van der Waals surface area contributed by atoms with E-state index >= 15 is 0 Å². The minimum atomic E-state index is 0.846. The lowest BCUT2D eigenvalue weighted by Gasteiger charge is -2.02. The zero-order valence-electron chi connectivity index (χ0n) is 12.4. The summed E-state index contributed by atoms with van der Waals surface area (Å²) in [6, 6.07) is 10.5. The molecule has 21 heavy (non-hydrogen) atoms. The molecular formula is C17H19N3S. The normalized spacial score (nSPS) is 11.1. The highest BCUT2D eigenvalue weighted by atomic mass is 32.1. The molecule has 3 nitrogen and oxygen atoms in total. The second-order valence-corrected chi connectivity index (χ2v) is 6.04. The molecule has 0 radical (unpaired) electrons. The van der Waals surface area contributed by atoms with Crippen molar-refractivity contribution in [2.75, 3.05) is 6.54 Å². The van der Waals surface area contributed by atoms with Crippen LogP contribution < -0.4 is 5.32 Å². The highest BCUT2D eigenvalue weighted by Gasteiger charge is 2.06. The van der Waals surface area contributed by atoms with Gasteiger partial charge in [0.25, 0.3) is 0 Å². The number of hydrogen-bond acceptors (Lipinski definition) is 4. The lowest BCUT2D eigenvalue weighted by molar-refractivity contribution is 0.667. The van der Waals surface area contributed by atoms with Crippen LogP contribution >= 0.6 is 11.3 Å². The number of thiazole rings is 1. The molecule has 3 aromatic rings. The molecule has 0 bridgehead atoms. The molecule has 0 atom stereocenters. The Balaban J connectivity index is 1.84. The summed E-state index contributed by atoms with van der Waals surface area (Å²) >= 11 is 1.70. The Bertz CT molecular complexity index is 749. The van der Waals surface area contributed by atoms with E-state index in [-0.39, 0.29) is 0 Å². The maximum absolute atomic E-state index is 4.71. The van der Waals surface area contributed by atoms with Crippen molar-refractivity contribution >= 4 is 22.2 Å². The average Bonchev–Trinajstić information content (AvgIpc) is 2.96. The smallest absolute Gasteiger partial charge is 0.123 e. The van der Waals surface area contributed by atoms with E-state index in [1.165, 1.54) is 10.9 Å². The van der Waals surface area contributed by atoms with Crippen molar-refractivity contribution in [3.8, 4) is 10.6 Å². The third-order valence-corrected chi connectivity index (χ3v) is 4.30. The summed E-state index contributed by atoms with van der Waals surface area (Å²) in [5.74, 6) is 0. The SMILES string of the molecule is CCCNCc1csc(-c2ccc3nc(C)ccc3c2)n1. The molecule has 0 aliphatic heterocycles. The Morgan fingerprint density at radius 3 is 2.90 bits per heavy atom. The summed E-state index contributed by atoms with van der Waals surface area (Å²) < 4.78 is 0. The van der Waals surface area contributed by atoms with Gasteiger partial charge in [-0.1, -0.05) is 13.0 Å². The molecule has 0 aliphatic carbocycles. The van der Waals surface area contributed by atoms with Crippen LogP contribution in [0.1, 0.15) is 24.7 Å². The van der Waals surface area contributed by atoms with Gasteiger partial charge >= 0.3 is 0 Å². The standard InChI is InChI=1S/C17H19N3S/c1-3-8-18-10-15-11-21-17(20-15)14-6-7-16-13(9-14)5-4-12(2)19-16/h4-7,9,11,18H,3,8,10H2,1-2H3. The first kappa shape index (κ1) is 14.2. The van der Waals surface area contributed by atoms with E-state index in [4.69, 9.17) is 4.98 Å². The van der Waals surface area contributed by atoms with Crippen LogP contribution in [0.2, 0.25) is 0 Å². The zero-order chi connectivity index (χ0) is 14.7. The maximum Gasteiger partial charge on any atom is 0.123 e. The number of aryl methyl sites for hydroxylation is 1. The molecule has 0 unspecified atom stereocenters. The van der Waals surface area contributed by atoms with Gasteiger partial charge in [0.1, 0.15) is 5.01 Å². The zero-order valence-corrected chi connectivity index (χ0v) is 13.2. The number of nitrogens with zero attached hydrogens (tertiary/aromatic N) is 2. The van der Waals surface area contributed by atoms with Crippen molar-refractivity contribution in [2.45, 2.75) is 26.8 Å². The molecule has 0 saturated carbocycles. The van der Waals surface area contributed by atoms with Crippen molar-refractivity contribution in [1.82, 2.24) is 15.3 Å². The summed E-state index contributed by atoms with van der Waals surface area (Å²) in [5, 5.41) is 7.76. The summed E-state index contributed by atoms with van der Waals surface area (Å²) in [5.41, 5.74) is 4.37. The van der Waals surface area contributed by atoms with E-state index in [0.29, 0.717) is 0 Å². The highest BCUT2D eigenvalue weighted by molar-refractivity contribution is 7.13. The molecule has 1 N–H and O–H groups in total. The molecule has 0 saturated heterocycles. The topological polar surface area (TPSA) is 37.8 Å². The Morgan fingerprint density at radius 1 is 1.14 bits per heavy atom. The summed E-state index contributed by atoms with van der Waals surface area (Å²) in [7, 11) is 0. The van der Waals surface area contributed by atoms with Gasteiger partial charge in [-0.05, 0) is 44.2 Å². The molecule has 3 rings (SSSR count). The van der Waals surface area contributed by atoms with Gasteiger partial charge in [0.2, 0.25) is 0 Å². The van der Waals surface area contributed by atoms with Crippen molar-refractivity contribution < 1.29 is 0 Å². The summed E-state index contributed by atoms with van der Waals surface area (Å²) in [6.07, 6.45) is 1.15. The monoisotopic (exact) mass is 297 g/mol. The van der Waals surface area contributed by atoms with Gasteiger partial charge in [0, 0.05) is 28.6 Å². The number of rotatable bonds is 5. The lowest BCUT2D eigenvalue weighted by Crippen LogP contribution is -2.13. The van der Waals surface area contributed by atoms with Gasteiger partial charge in [-0.15, -0.1) is 11.3 Å². The fourth-order valence-electron chi connectivity index (χ4n) is 2.27. The fourth-order valence-corrected chi connectivity index (χ4v) is 3.09. The molecule has 1 aromatic carbocycles. The predicted molar refractivity (Wildman–Crippen MR) is 89.6 cm³/mol. The van der Waals surface area contributed by atoms with E-state index in [2.05, 4.69) is 46.9 Å². The van der Waals surface area contributed by atoms with E-state index < -0.39 is 0 Å². The predicted octanol–water partition coefficient (Wildman–Crippen LogP) is 4.17. The van der Waals surface area contributed by atoms with Crippen LogP contribution in [0.4, 0.5) is 0 Å². The van der Waals surface area contributed by atoms with Crippen LogP contribution in [0.5, 0.6) is 0 Å². The first-order valence-corrected chi connectivity index (χ1v) is 8.17. The van der Waals surface area contributed by atoms with Gasteiger partial charge in [-0.3, -0.25) is 4.98 Å². The van der Waals surface area contributed by atoms with Crippen LogP contribution in [-0.2, 0) is 6.54 Å². The molecule has 108 valence electrons. The van der Waals surface area contributed by atoms with Crippen molar-refractivity contribution in [1.29, 1.82) is 0 Å². The fraction of sp³-hybridized carbons (Fsp3) is 0.294. The Kier molecular flexibility index (Phi) is 4.27. The van der Waals surface area contributed by atoms with Crippen LogP contribution in [0, 0.1) is 6.92 Å². The van der Waals surface area contributed by atoms with E-state index in [0.717, 1.165) is 41.4 Å². The van der Waals surface area contributed by atoms with Crippen LogP contribution in [0.3, 0.4) is 0 Å². The van der Waals surface area contributed by atoms with Gasteiger partial charge in [-0.25, -0.2) is 4.98 Å². The van der Waals surface area contributed by atoms with Crippen molar-refractivity contribution in [3.05, 3.63) is 47.1 Å². The second-order valence-electron chi connectivity index (χ2n) is 5.18.